The molecule has 3 aromatic rings. The van der Waals surface area contributed by atoms with Gasteiger partial charge in [-0.25, -0.2) is 13.4 Å². The van der Waals surface area contributed by atoms with Crippen molar-refractivity contribution in [2.45, 2.75) is 56.8 Å². The van der Waals surface area contributed by atoms with Gasteiger partial charge in [-0.15, -0.1) is 0 Å². The van der Waals surface area contributed by atoms with Gasteiger partial charge in [-0.2, -0.15) is 0 Å². The van der Waals surface area contributed by atoms with Gasteiger partial charge in [0.1, 0.15) is 0 Å². The maximum atomic E-state index is 13.7. The molecule has 32 heavy (non-hydrogen) atoms. The standard InChI is InChI=1S/C24H28N2O4S2/c1-15(2)32(28,29)20-9-5-7-18(13-20)23(27)26(14-19-8-6-10-30-19)24-25-21-12-16(3)11-17(4)22(21)31-24/h5,7,9,11-13,15,19H,6,8,10,14H2,1-4H3. The van der Waals surface area contributed by atoms with Crippen LogP contribution in [-0.2, 0) is 14.6 Å². The number of rotatable bonds is 6. The fraction of sp³-hybridized carbons (Fsp3) is 0.417. The van der Waals surface area contributed by atoms with Crippen LogP contribution in [0.4, 0.5) is 5.13 Å². The van der Waals surface area contributed by atoms with Crippen molar-refractivity contribution in [3.63, 3.8) is 0 Å². The van der Waals surface area contributed by atoms with Gasteiger partial charge in [-0.3, -0.25) is 9.69 Å². The summed E-state index contributed by atoms with van der Waals surface area (Å²) >= 11 is 1.48. The molecule has 1 aliphatic rings. The predicted octanol–water partition coefficient (Wildman–Crippen LogP) is 4.92. The zero-order chi connectivity index (χ0) is 23.0. The Balaban J connectivity index is 1.76. The van der Waals surface area contributed by atoms with Gasteiger partial charge in [0.15, 0.2) is 15.0 Å². The van der Waals surface area contributed by atoms with Crippen LogP contribution in [0.3, 0.4) is 0 Å². The zero-order valence-corrected chi connectivity index (χ0v) is 20.4. The normalized spacial score (nSPS) is 16.7. The lowest BCUT2D eigenvalue weighted by atomic mass is 10.1. The molecule has 0 bridgehead atoms. The van der Waals surface area contributed by atoms with Crippen LogP contribution in [0.5, 0.6) is 0 Å². The minimum atomic E-state index is -3.48. The zero-order valence-electron chi connectivity index (χ0n) is 18.8. The first-order valence-electron chi connectivity index (χ1n) is 10.8. The molecule has 1 aliphatic heterocycles. The molecule has 1 aromatic heterocycles. The lowest BCUT2D eigenvalue weighted by molar-refractivity contribution is 0.0917. The number of hydrogen-bond donors (Lipinski definition) is 0. The Morgan fingerprint density at radius 2 is 2.03 bits per heavy atom. The van der Waals surface area contributed by atoms with Gasteiger partial charge >= 0.3 is 0 Å². The first-order chi connectivity index (χ1) is 15.2. The summed E-state index contributed by atoms with van der Waals surface area (Å²) in [6.45, 7) is 8.42. The Kier molecular flexibility index (Phi) is 6.38. The Labute approximate surface area is 193 Å². The van der Waals surface area contributed by atoms with Crippen molar-refractivity contribution in [2.75, 3.05) is 18.1 Å². The van der Waals surface area contributed by atoms with Crippen molar-refractivity contribution < 1.29 is 17.9 Å². The largest absolute Gasteiger partial charge is 0.376 e. The summed E-state index contributed by atoms with van der Waals surface area (Å²) in [5, 5.41) is 0.0395. The first kappa shape index (κ1) is 22.9. The van der Waals surface area contributed by atoms with Crippen LogP contribution in [0.15, 0.2) is 41.3 Å². The third-order valence-electron chi connectivity index (χ3n) is 5.73. The van der Waals surface area contributed by atoms with E-state index in [1.807, 2.05) is 19.9 Å². The molecule has 0 saturated carbocycles. The van der Waals surface area contributed by atoms with E-state index in [0.29, 0.717) is 23.8 Å². The molecule has 4 rings (SSSR count). The fourth-order valence-corrected chi connectivity index (χ4v) is 6.08. The average Bonchev–Trinajstić information content (AvgIpc) is 3.41. The highest BCUT2D eigenvalue weighted by molar-refractivity contribution is 7.92. The average molecular weight is 473 g/mol. The molecule has 6 nitrogen and oxygen atoms in total. The molecular formula is C24H28N2O4S2. The van der Waals surface area contributed by atoms with E-state index in [1.54, 1.807) is 36.9 Å². The van der Waals surface area contributed by atoms with E-state index < -0.39 is 15.1 Å². The lowest BCUT2D eigenvalue weighted by Crippen LogP contribution is -2.37. The highest BCUT2D eigenvalue weighted by atomic mass is 32.2. The number of anilines is 1. The summed E-state index contributed by atoms with van der Waals surface area (Å²) in [5.74, 6) is -0.269. The van der Waals surface area contributed by atoms with E-state index in [4.69, 9.17) is 9.72 Å². The molecule has 170 valence electrons. The monoisotopic (exact) mass is 472 g/mol. The number of benzene rings is 2. The second-order valence-electron chi connectivity index (χ2n) is 8.60. The molecular weight excluding hydrogens is 444 g/mol. The first-order valence-corrected chi connectivity index (χ1v) is 13.2. The smallest absolute Gasteiger partial charge is 0.260 e. The predicted molar refractivity (Wildman–Crippen MR) is 129 cm³/mol. The maximum absolute atomic E-state index is 13.7. The minimum absolute atomic E-state index is 0.0589. The molecule has 0 radical (unpaired) electrons. The third kappa shape index (κ3) is 4.44. The van der Waals surface area contributed by atoms with Crippen molar-refractivity contribution in [3.8, 4) is 0 Å². The van der Waals surface area contributed by atoms with E-state index >= 15 is 0 Å². The number of hydrogen-bond acceptors (Lipinski definition) is 6. The van der Waals surface area contributed by atoms with Crippen LogP contribution < -0.4 is 4.90 Å². The number of fused-ring (bicyclic) bond motifs is 1. The molecule has 1 saturated heterocycles. The topological polar surface area (TPSA) is 76.6 Å². The number of thiazole rings is 1. The van der Waals surface area contributed by atoms with Crippen LogP contribution in [-0.4, -0.2) is 43.8 Å². The number of nitrogens with zero attached hydrogens (tertiary/aromatic N) is 2. The second kappa shape index (κ2) is 8.92. The molecule has 1 amide bonds. The molecule has 1 fully saturated rings. The SMILES string of the molecule is Cc1cc(C)c2sc(N(CC3CCCO3)C(=O)c3cccc(S(=O)(=O)C(C)C)c3)nc2c1. The van der Waals surface area contributed by atoms with Crippen LogP contribution in [0.2, 0.25) is 0 Å². The van der Waals surface area contributed by atoms with Crippen molar-refractivity contribution in [1.82, 2.24) is 4.98 Å². The van der Waals surface area contributed by atoms with Crippen molar-refractivity contribution in [1.29, 1.82) is 0 Å². The highest BCUT2D eigenvalue weighted by Crippen LogP contribution is 2.34. The van der Waals surface area contributed by atoms with E-state index in [2.05, 4.69) is 6.07 Å². The molecule has 8 heteroatoms. The molecule has 1 atom stereocenters. The molecule has 0 N–H and O–H groups in total. The molecule has 0 aliphatic carbocycles. The van der Waals surface area contributed by atoms with Gasteiger partial charge in [-0.1, -0.05) is 23.5 Å². The fourth-order valence-electron chi connectivity index (χ4n) is 3.95. The Hall–Kier alpha value is -2.29. The molecule has 2 heterocycles. The molecule has 1 unspecified atom stereocenters. The van der Waals surface area contributed by atoms with Crippen molar-refractivity contribution in [3.05, 3.63) is 53.1 Å². The van der Waals surface area contributed by atoms with Gasteiger partial charge in [0, 0.05) is 12.2 Å². The summed E-state index contributed by atoms with van der Waals surface area (Å²) in [6, 6.07) is 10.4. The quantitative estimate of drug-likeness (QED) is 0.509. The third-order valence-corrected chi connectivity index (χ3v) is 9.11. The van der Waals surface area contributed by atoms with Crippen molar-refractivity contribution in [2.24, 2.45) is 0 Å². The second-order valence-corrected chi connectivity index (χ2v) is 12.1. The number of ether oxygens (including phenoxy) is 1. The Morgan fingerprint density at radius 1 is 1.25 bits per heavy atom. The number of carbonyl (C=O) groups is 1. The highest BCUT2D eigenvalue weighted by Gasteiger charge is 2.28. The molecule has 2 aromatic carbocycles. The lowest BCUT2D eigenvalue weighted by Gasteiger charge is -2.23. The minimum Gasteiger partial charge on any atom is -0.376 e. The maximum Gasteiger partial charge on any atom is 0.260 e. The molecule has 0 spiro atoms. The summed E-state index contributed by atoms with van der Waals surface area (Å²) in [4.78, 5) is 20.2. The summed E-state index contributed by atoms with van der Waals surface area (Å²) in [6.07, 6.45) is 1.79. The number of aryl methyl sites for hydroxylation is 2. The summed E-state index contributed by atoms with van der Waals surface area (Å²) < 4.78 is 32.2. The van der Waals surface area contributed by atoms with E-state index in [1.165, 1.54) is 17.4 Å². The number of aromatic nitrogens is 1. The number of carbonyl (C=O) groups excluding carboxylic acids is 1. The van der Waals surface area contributed by atoms with Crippen molar-refractivity contribution >= 4 is 42.4 Å². The number of sulfone groups is 1. The van der Waals surface area contributed by atoms with Gasteiger partial charge in [0.05, 0.1) is 33.0 Å². The Morgan fingerprint density at radius 3 is 2.72 bits per heavy atom. The van der Waals surface area contributed by atoms with Crippen LogP contribution >= 0.6 is 11.3 Å². The van der Waals surface area contributed by atoms with Crippen LogP contribution in [0.1, 0.15) is 48.2 Å². The van der Waals surface area contributed by atoms with Crippen LogP contribution in [0, 0.1) is 13.8 Å². The van der Waals surface area contributed by atoms with E-state index in [-0.39, 0.29) is 16.9 Å². The van der Waals surface area contributed by atoms with E-state index in [0.717, 1.165) is 34.2 Å². The van der Waals surface area contributed by atoms with Gasteiger partial charge in [0.25, 0.3) is 5.91 Å². The number of amides is 1. The Bertz CT molecular complexity index is 1260. The van der Waals surface area contributed by atoms with Gasteiger partial charge in [-0.05, 0) is 75.9 Å². The van der Waals surface area contributed by atoms with Gasteiger partial charge in [0.2, 0.25) is 0 Å². The summed E-state index contributed by atoms with van der Waals surface area (Å²) in [5.41, 5.74) is 3.44. The summed E-state index contributed by atoms with van der Waals surface area (Å²) in [7, 11) is -3.48. The van der Waals surface area contributed by atoms with Gasteiger partial charge < -0.3 is 4.74 Å². The van der Waals surface area contributed by atoms with Crippen LogP contribution in [0.25, 0.3) is 10.2 Å². The van der Waals surface area contributed by atoms with E-state index in [9.17, 15) is 13.2 Å².